The van der Waals surface area contributed by atoms with Crippen LogP contribution in [0.15, 0.2) is 52.2 Å². The maximum absolute atomic E-state index is 12.6. The number of nitrogens with one attached hydrogen (secondary N) is 1. The molecule has 29 heavy (non-hydrogen) atoms. The van der Waals surface area contributed by atoms with Gasteiger partial charge in [0.25, 0.3) is 5.56 Å². The predicted molar refractivity (Wildman–Crippen MR) is 127 cm³/mol. The molecule has 1 aromatic carbocycles. The van der Waals surface area contributed by atoms with Gasteiger partial charge in [-0.1, -0.05) is 81.5 Å². The van der Waals surface area contributed by atoms with E-state index >= 15 is 0 Å². The fourth-order valence-electron chi connectivity index (χ4n) is 2.36. The normalized spacial score (nSPS) is 11.9. The molecule has 0 unspecified atom stereocenters. The first kappa shape index (κ1) is 22.5. The lowest BCUT2D eigenvalue weighted by Crippen LogP contribution is -2.31. The molecule has 0 aliphatic carbocycles. The number of benzene rings is 1. The van der Waals surface area contributed by atoms with Crippen LogP contribution in [0.4, 0.5) is 0 Å². The first-order valence-corrected chi connectivity index (χ1v) is 16.6. The third-order valence-electron chi connectivity index (χ3n) is 3.73. The second-order valence-corrected chi connectivity index (χ2v) is 18.5. The molecule has 0 saturated carbocycles. The lowest BCUT2D eigenvalue weighted by atomic mass is 10.1. The standard InChI is InChI=1S/C23H28N2O2Si2/c1-28(2,3)15-10-13-20(14-16-29(4,5)6)21-18-25(23(27)24-22(21)26)17-19-11-8-7-9-12-19/h7-9,11-13,18H,17H2,1-6H3,(H,24,26,27). The summed E-state index contributed by atoms with van der Waals surface area (Å²) in [6.07, 6.45) is 3.31. The Morgan fingerprint density at radius 3 is 2.21 bits per heavy atom. The van der Waals surface area contributed by atoms with Gasteiger partial charge in [-0.2, -0.15) is 0 Å². The highest BCUT2D eigenvalue weighted by Gasteiger charge is 2.12. The minimum Gasteiger partial charge on any atom is -0.296 e. The Morgan fingerprint density at radius 2 is 1.62 bits per heavy atom. The van der Waals surface area contributed by atoms with Gasteiger partial charge in [0.15, 0.2) is 0 Å². The molecule has 0 fully saturated rings. The zero-order valence-corrected chi connectivity index (χ0v) is 20.0. The average Bonchev–Trinajstić information content (AvgIpc) is 2.60. The molecule has 6 heteroatoms. The zero-order chi connectivity index (χ0) is 21.7. The summed E-state index contributed by atoms with van der Waals surface area (Å²) < 4.78 is 1.50. The summed E-state index contributed by atoms with van der Waals surface area (Å²) in [6.45, 7) is 13.3. The van der Waals surface area contributed by atoms with Crippen molar-refractivity contribution in [1.29, 1.82) is 0 Å². The van der Waals surface area contributed by atoms with Gasteiger partial charge >= 0.3 is 5.69 Å². The Bertz CT molecular complexity index is 1140. The molecule has 0 aliphatic heterocycles. The molecule has 0 atom stereocenters. The second kappa shape index (κ2) is 9.13. The third-order valence-corrected chi connectivity index (χ3v) is 5.50. The molecule has 2 rings (SSSR count). The molecule has 0 saturated heterocycles. The molecule has 2 aromatic rings. The van der Waals surface area contributed by atoms with E-state index in [2.05, 4.69) is 67.2 Å². The van der Waals surface area contributed by atoms with Crippen molar-refractivity contribution in [3.05, 3.63) is 74.6 Å². The highest BCUT2D eigenvalue weighted by Crippen LogP contribution is 2.10. The lowest BCUT2D eigenvalue weighted by molar-refractivity contribution is 0.718. The van der Waals surface area contributed by atoms with E-state index in [0.717, 1.165) is 5.56 Å². The summed E-state index contributed by atoms with van der Waals surface area (Å²) in [6, 6.07) is 9.65. The van der Waals surface area contributed by atoms with Crippen LogP contribution in [0.2, 0.25) is 39.3 Å². The Kier molecular flexibility index (Phi) is 7.08. The van der Waals surface area contributed by atoms with Gasteiger partial charge in [-0.25, -0.2) is 4.79 Å². The van der Waals surface area contributed by atoms with E-state index in [1.165, 1.54) is 4.57 Å². The molecule has 150 valence electrons. The average molecular weight is 421 g/mol. The maximum atomic E-state index is 12.6. The monoisotopic (exact) mass is 420 g/mol. The van der Waals surface area contributed by atoms with E-state index in [1.807, 2.05) is 30.3 Å². The zero-order valence-electron chi connectivity index (χ0n) is 18.0. The molecule has 0 amide bonds. The molecule has 1 aromatic heterocycles. The van der Waals surface area contributed by atoms with Crippen LogP contribution < -0.4 is 11.2 Å². The number of H-pyrrole nitrogens is 1. The van der Waals surface area contributed by atoms with E-state index < -0.39 is 27.4 Å². The summed E-state index contributed by atoms with van der Waals surface area (Å²) >= 11 is 0. The quantitative estimate of drug-likeness (QED) is 0.608. The Labute approximate surface area is 174 Å². The summed E-state index contributed by atoms with van der Waals surface area (Å²) in [4.78, 5) is 27.3. The largest absolute Gasteiger partial charge is 0.328 e. The highest BCUT2D eigenvalue weighted by atomic mass is 28.3. The van der Waals surface area contributed by atoms with E-state index in [-0.39, 0.29) is 0 Å². The number of allylic oxidation sites excluding steroid dienone is 2. The lowest BCUT2D eigenvalue weighted by Gasteiger charge is -2.08. The Balaban J connectivity index is 2.59. The molecule has 1 N–H and O–H groups in total. The van der Waals surface area contributed by atoms with Crippen LogP contribution in [-0.4, -0.2) is 25.7 Å². The van der Waals surface area contributed by atoms with Crippen molar-refractivity contribution in [2.45, 2.75) is 45.8 Å². The first-order chi connectivity index (χ1) is 13.4. The summed E-state index contributed by atoms with van der Waals surface area (Å²) in [5.41, 5.74) is 7.61. The van der Waals surface area contributed by atoms with Crippen LogP contribution in [-0.2, 0) is 6.54 Å². The van der Waals surface area contributed by atoms with Crippen molar-refractivity contribution in [1.82, 2.24) is 9.55 Å². The van der Waals surface area contributed by atoms with Crippen molar-refractivity contribution >= 4 is 21.7 Å². The fourth-order valence-corrected chi connectivity index (χ4v) is 3.37. The van der Waals surface area contributed by atoms with Gasteiger partial charge < -0.3 is 0 Å². The summed E-state index contributed by atoms with van der Waals surface area (Å²) in [5.74, 6) is 6.26. The second-order valence-electron chi connectivity index (χ2n) is 8.99. The third kappa shape index (κ3) is 7.61. The maximum Gasteiger partial charge on any atom is 0.328 e. The van der Waals surface area contributed by atoms with Gasteiger partial charge in [-0.15, -0.1) is 11.1 Å². The molecular weight excluding hydrogens is 392 g/mol. The summed E-state index contributed by atoms with van der Waals surface area (Å²) in [5, 5.41) is 0. The topological polar surface area (TPSA) is 54.9 Å². The number of hydrogen-bond acceptors (Lipinski definition) is 2. The molecule has 0 aliphatic rings. The molecule has 0 radical (unpaired) electrons. The van der Waals surface area contributed by atoms with Crippen molar-refractivity contribution < 1.29 is 0 Å². The molecular formula is C23H28N2O2Si2. The van der Waals surface area contributed by atoms with Crippen molar-refractivity contribution in [2.24, 2.45) is 0 Å². The fraction of sp³-hybridized carbons (Fsp3) is 0.304. The van der Waals surface area contributed by atoms with Gasteiger partial charge in [-0.3, -0.25) is 14.3 Å². The van der Waals surface area contributed by atoms with Crippen molar-refractivity contribution in [3.8, 4) is 22.9 Å². The van der Waals surface area contributed by atoms with Crippen LogP contribution in [0.25, 0.3) is 5.57 Å². The van der Waals surface area contributed by atoms with E-state index in [0.29, 0.717) is 17.7 Å². The Hall–Kier alpha value is -2.81. The van der Waals surface area contributed by atoms with Crippen LogP contribution in [0.5, 0.6) is 0 Å². The number of aromatic nitrogens is 2. The molecule has 0 spiro atoms. The smallest absolute Gasteiger partial charge is 0.296 e. The SMILES string of the molecule is C[Si](C)(C)C#CC=C(C#C[Si](C)(C)C)c1cn(Cc2ccccc2)c(=O)[nH]c1=O. The van der Waals surface area contributed by atoms with Gasteiger partial charge in [0, 0.05) is 17.8 Å². The summed E-state index contributed by atoms with van der Waals surface area (Å²) in [7, 11) is -3.21. The Morgan fingerprint density at radius 1 is 1.00 bits per heavy atom. The van der Waals surface area contributed by atoms with E-state index in [1.54, 1.807) is 12.3 Å². The van der Waals surface area contributed by atoms with Gasteiger partial charge in [-0.05, 0) is 5.56 Å². The predicted octanol–water partition coefficient (Wildman–Crippen LogP) is 3.73. The molecule has 1 heterocycles. The minimum absolute atomic E-state index is 0.371. The van der Waals surface area contributed by atoms with Crippen LogP contribution in [0, 0.1) is 22.9 Å². The molecule has 4 nitrogen and oxygen atoms in total. The van der Waals surface area contributed by atoms with Gasteiger partial charge in [0.2, 0.25) is 0 Å². The van der Waals surface area contributed by atoms with Gasteiger partial charge in [0.1, 0.15) is 16.1 Å². The van der Waals surface area contributed by atoms with Gasteiger partial charge in [0.05, 0.1) is 12.1 Å². The number of aromatic amines is 1. The first-order valence-electron chi connectivity index (χ1n) is 9.59. The number of nitrogens with zero attached hydrogens (tertiary/aromatic N) is 1. The van der Waals surface area contributed by atoms with Crippen molar-refractivity contribution in [2.75, 3.05) is 0 Å². The van der Waals surface area contributed by atoms with Crippen LogP contribution in [0.3, 0.4) is 0 Å². The van der Waals surface area contributed by atoms with Crippen LogP contribution in [0.1, 0.15) is 11.1 Å². The van der Waals surface area contributed by atoms with E-state index in [9.17, 15) is 9.59 Å². The van der Waals surface area contributed by atoms with E-state index in [4.69, 9.17) is 0 Å². The van der Waals surface area contributed by atoms with Crippen molar-refractivity contribution in [3.63, 3.8) is 0 Å². The number of hydrogen-bond donors (Lipinski definition) is 1. The minimum atomic E-state index is -1.65. The van der Waals surface area contributed by atoms with Crippen LogP contribution >= 0.6 is 0 Å². The molecule has 0 bridgehead atoms. The number of rotatable bonds is 3. The highest BCUT2D eigenvalue weighted by molar-refractivity contribution is 6.84.